The largest absolute Gasteiger partial charge is 0.573 e. The van der Waals surface area contributed by atoms with Gasteiger partial charge in [0.15, 0.2) is 5.13 Å². The molecule has 11 heteroatoms. The number of carbonyl (C=O) groups excluding carboxylic acids is 2. The molecule has 1 N–H and O–H groups in total. The third kappa shape index (κ3) is 3.34. The van der Waals surface area contributed by atoms with Gasteiger partial charge in [-0.3, -0.25) is 9.59 Å². The molecule has 7 nitrogen and oxygen atoms in total. The maximum atomic E-state index is 13.0. The lowest BCUT2D eigenvalue weighted by Crippen LogP contribution is -2.32. The second kappa shape index (κ2) is 7.01. The van der Waals surface area contributed by atoms with E-state index in [-0.39, 0.29) is 35.5 Å². The minimum atomic E-state index is -4.78. The van der Waals surface area contributed by atoms with Crippen LogP contribution in [0.2, 0.25) is 0 Å². The standard InChI is InChI=1S/C22H15F3N4O3S/c23-22(24,25)32-13-4-6-16(26-9-13)27-12-3-5-14-15(8-12)33-21(28-14)29-19(30)17-10-1-2-11(7-10)18(17)20(29)31/h1-6,8-11,17-18H,7H2,(H,26,27). The number of benzene rings is 1. The molecule has 2 aromatic heterocycles. The molecule has 3 aromatic rings. The summed E-state index contributed by atoms with van der Waals surface area (Å²) in [5.74, 6) is -0.745. The van der Waals surface area contributed by atoms with Crippen LogP contribution in [-0.4, -0.2) is 28.1 Å². The summed E-state index contributed by atoms with van der Waals surface area (Å²) in [6.07, 6.45) is 1.16. The zero-order chi connectivity index (χ0) is 22.9. The molecule has 2 bridgehead atoms. The molecule has 1 aliphatic heterocycles. The van der Waals surface area contributed by atoms with Gasteiger partial charge < -0.3 is 10.1 Å². The summed E-state index contributed by atoms with van der Waals surface area (Å²) < 4.78 is 41.4. The number of carbonyl (C=O) groups is 2. The highest BCUT2D eigenvalue weighted by molar-refractivity contribution is 7.22. The third-order valence-corrected chi connectivity index (χ3v) is 7.28. The third-order valence-electron chi connectivity index (χ3n) is 6.28. The van der Waals surface area contributed by atoms with E-state index in [1.807, 2.05) is 12.2 Å². The molecule has 0 radical (unpaired) electrons. The fourth-order valence-corrected chi connectivity index (χ4v) is 5.99. The van der Waals surface area contributed by atoms with Crippen LogP contribution in [-0.2, 0) is 9.59 Å². The number of nitrogens with zero attached hydrogens (tertiary/aromatic N) is 3. The SMILES string of the molecule is O=C1C2C3C=CC(C3)C2C(=O)N1c1nc2ccc(Nc3ccc(OC(F)(F)F)cn3)cc2s1. The summed E-state index contributed by atoms with van der Waals surface area (Å²) in [5, 5.41) is 3.37. The van der Waals surface area contributed by atoms with Crippen molar-refractivity contribution in [2.45, 2.75) is 12.8 Å². The quantitative estimate of drug-likeness (QED) is 0.440. The normalized spacial score (nSPS) is 25.8. The first-order valence-electron chi connectivity index (χ1n) is 10.2. The van der Waals surface area contributed by atoms with Crippen molar-refractivity contribution in [2.75, 3.05) is 10.2 Å². The monoisotopic (exact) mass is 472 g/mol. The van der Waals surface area contributed by atoms with Gasteiger partial charge in [0, 0.05) is 5.69 Å². The van der Waals surface area contributed by atoms with E-state index in [9.17, 15) is 22.8 Å². The van der Waals surface area contributed by atoms with E-state index < -0.39 is 12.1 Å². The number of rotatable bonds is 4. The van der Waals surface area contributed by atoms with Gasteiger partial charge >= 0.3 is 6.36 Å². The Balaban J connectivity index is 1.23. The molecule has 1 saturated carbocycles. The molecule has 6 rings (SSSR count). The Labute approximate surface area is 188 Å². The highest BCUT2D eigenvalue weighted by Crippen LogP contribution is 2.53. The molecule has 2 amide bonds. The number of halogens is 3. The van der Waals surface area contributed by atoms with Gasteiger partial charge in [0.05, 0.1) is 28.2 Å². The molecule has 4 atom stereocenters. The number of fused-ring (bicyclic) bond motifs is 6. The minimum absolute atomic E-state index is 0.132. The Morgan fingerprint density at radius 1 is 1.06 bits per heavy atom. The first-order valence-corrected chi connectivity index (χ1v) is 11.0. The smallest absolute Gasteiger partial charge is 0.404 e. The number of thiazole rings is 1. The van der Waals surface area contributed by atoms with Crippen LogP contribution in [0.1, 0.15) is 6.42 Å². The minimum Gasteiger partial charge on any atom is -0.404 e. The first kappa shape index (κ1) is 20.2. The van der Waals surface area contributed by atoms with Crippen molar-refractivity contribution in [1.82, 2.24) is 9.97 Å². The zero-order valence-electron chi connectivity index (χ0n) is 16.7. The Hall–Kier alpha value is -3.47. The number of hydrogen-bond acceptors (Lipinski definition) is 7. The summed E-state index contributed by atoms with van der Waals surface area (Å²) in [6.45, 7) is 0. The summed E-state index contributed by atoms with van der Waals surface area (Å²) in [7, 11) is 0. The number of ether oxygens (including phenoxy) is 1. The summed E-state index contributed by atoms with van der Waals surface area (Å²) in [4.78, 5) is 35.7. The average Bonchev–Trinajstić information content (AvgIpc) is 3.51. The van der Waals surface area contributed by atoms with E-state index in [0.29, 0.717) is 22.2 Å². The van der Waals surface area contributed by atoms with Crippen molar-refractivity contribution in [1.29, 1.82) is 0 Å². The van der Waals surface area contributed by atoms with Gasteiger partial charge in [-0.25, -0.2) is 14.9 Å². The van der Waals surface area contributed by atoms with E-state index in [0.717, 1.165) is 23.4 Å². The zero-order valence-corrected chi connectivity index (χ0v) is 17.6. The van der Waals surface area contributed by atoms with E-state index >= 15 is 0 Å². The Morgan fingerprint density at radius 3 is 2.42 bits per heavy atom. The topological polar surface area (TPSA) is 84.4 Å². The fourth-order valence-electron chi connectivity index (χ4n) is 4.97. The predicted octanol–water partition coefficient (Wildman–Crippen LogP) is 4.65. The predicted molar refractivity (Wildman–Crippen MR) is 114 cm³/mol. The molecule has 2 aliphatic carbocycles. The number of alkyl halides is 3. The maximum Gasteiger partial charge on any atom is 0.573 e. The van der Waals surface area contributed by atoms with Gasteiger partial charge in [0.25, 0.3) is 0 Å². The van der Waals surface area contributed by atoms with Crippen molar-refractivity contribution in [3.05, 3.63) is 48.7 Å². The fraction of sp³-hybridized carbons (Fsp3) is 0.273. The van der Waals surface area contributed by atoms with Crippen LogP contribution in [0.4, 0.5) is 29.8 Å². The average molecular weight is 472 g/mol. The first-order chi connectivity index (χ1) is 15.8. The lowest BCUT2D eigenvalue weighted by Gasteiger charge is -2.14. The Kier molecular flexibility index (Phi) is 4.28. The Morgan fingerprint density at radius 2 is 1.79 bits per heavy atom. The molecule has 2 fully saturated rings. The van der Waals surface area contributed by atoms with Crippen LogP contribution < -0.4 is 15.0 Å². The van der Waals surface area contributed by atoms with Crippen molar-refractivity contribution < 1.29 is 27.5 Å². The molecule has 4 unspecified atom stereocenters. The molecule has 1 aromatic carbocycles. The van der Waals surface area contributed by atoms with Crippen molar-refractivity contribution in [3.63, 3.8) is 0 Å². The van der Waals surface area contributed by atoms with Crippen LogP contribution in [0.3, 0.4) is 0 Å². The molecule has 0 spiro atoms. The molecule has 168 valence electrons. The number of amides is 2. The number of aromatic nitrogens is 2. The van der Waals surface area contributed by atoms with Crippen LogP contribution in [0.25, 0.3) is 10.2 Å². The molecular formula is C22H15F3N4O3S. The van der Waals surface area contributed by atoms with Crippen LogP contribution in [0.15, 0.2) is 48.7 Å². The maximum absolute atomic E-state index is 13.0. The van der Waals surface area contributed by atoms with Crippen LogP contribution in [0, 0.1) is 23.7 Å². The van der Waals surface area contributed by atoms with Gasteiger partial charge in [-0.05, 0) is 48.6 Å². The number of nitrogens with one attached hydrogen (secondary N) is 1. The van der Waals surface area contributed by atoms with Gasteiger partial charge in [-0.15, -0.1) is 13.2 Å². The van der Waals surface area contributed by atoms with Gasteiger partial charge in [-0.1, -0.05) is 23.5 Å². The molecule has 33 heavy (non-hydrogen) atoms. The van der Waals surface area contributed by atoms with Crippen molar-refractivity contribution in [2.24, 2.45) is 23.7 Å². The molecular weight excluding hydrogens is 457 g/mol. The highest BCUT2D eigenvalue weighted by Gasteiger charge is 2.60. The number of anilines is 3. The van der Waals surface area contributed by atoms with Gasteiger partial charge in [-0.2, -0.15) is 0 Å². The number of pyridine rings is 1. The number of hydrogen-bond donors (Lipinski definition) is 1. The molecule has 3 heterocycles. The molecule has 1 saturated heterocycles. The lowest BCUT2D eigenvalue weighted by molar-refractivity contribution is -0.274. The van der Waals surface area contributed by atoms with Crippen molar-refractivity contribution >= 4 is 50.0 Å². The van der Waals surface area contributed by atoms with Crippen LogP contribution in [0.5, 0.6) is 5.75 Å². The lowest BCUT2D eigenvalue weighted by atomic mass is 9.85. The second-order valence-electron chi connectivity index (χ2n) is 8.24. The van der Waals surface area contributed by atoms with E-state index in [1.165, 1.54) is 22.3 Å². The summed E-state index contributed by atoms with van der Waals surface area (Å²) >= 11 is 1.24. The number of imide groups is 1. The van der Waals surface area contributed by atoms with E-state index in [4.69, 9.17) is 0 Å². The van der Waals surface area contributed by atoms with Crippen molar-refractivity contribution in [3.8, 4) is 5.75 Å². The molecule has 3 aliphatic rings. The van der Waals surface area contributed by atoms with Crippen LogP contribution >= 0.6 is 11.3 Å². The van der Waals surface area contributed by atoms with E-state index in [2.05, 4.69) is 20.0 Å². The second-order valence-corrected chi connectivity index (χ2v) is 9.25. The summed E-state index contributed by atoms with van der Waals surface area (Å²) in [5.41, 5.74) is 1.27. The van der Waals surface area contributed by atoms with Gasteiger partial charge in [0.1, 0.15) is 11.6 Å². The highest BCUT2D eigenvalue weighted by atomic mass is 32.1. The van der Waals surface area contributed by atoms with Gasteiger partial charge in [0.2, 0.25) is 11.8 Å². The summed E-state index contributed by atoms with van der Waals surface area (Å²) in [6, 6.07) is 7.80. The Bertz CT molecular complexity index is 1290. The van der Waals surface area contributed by atoms with E-state index in [1.54, 1.807) is 18.2 Å². The number of allylic oxidation sites excluding steroid dienone is 2.